The molecule has 0 spiro atoms. The Labute approximate surface area is 111 Å². The molecule has 18 heavy (non-hydrogen) atoms. The molecule has 0 saturated carbocycles. The van der Waals surface area contributed by atoms with Crippen LogP contribution in [0.3, 0.4) is 0 Å². The zero-order chi connectivity index (χ0) is 13.2. The molecule has 0 radical (unpaired) electrons. The van der Waals surface area contributed by atoms with Crippen molar-refractivity contribution in [3.8, 4) is 5.75 Å². The van der Waals surface area contributed by atoms with Crippen LogP contribution in [0, 0.1) is 5.92 Å². The molecule has 0 bridgehead atoms. The third kappa shape index (κ3) is 3.31. The second kappa shape index (κ2) is 5.38. The summed E-state index contributed by atoms with van der Waals surface area (Å²) < 4.78 is 5.11. The Hall–Kier alpha value is -0.910. The van der Waals surface area contributed by atoms with Crippen LogP contribution in [0.2, 0.25) is 0 Å². The monoisotopic (exact) mass is 269 g/mol. The van der Waals surface area contributed by atoms with Gasteiger partial charge in [0.05, 0.1) is 7.11 Å². The van der Waals surface area contributed by atoms with E-state index in [0.29, 0.717) is 12.1 Å². The van der Waals surface area contributed by atoms with E-state index < -0.39 is 5.12 Å². The molecule has 2 rings (SSSR count). The Morgan fingerprint density at radius 3 is 2.89 bits per heavy atom. The Kier molecular flexibility index (Phi) is 4.04. The van der Waals surface area contributed by atoms with Gasteiger partial charge < -0.3 is 20.7 Å². The van der Waals surface area contributed by atoms with Crippen LogP contribution >= 0.6 is 11.8 Å². The van der Waals surface area contributed by atoms with Crippen LogP contribution in [-0.4, -0.2) is 28.2 Å². The molecule has 1 heterocycles. The van der Waals surface area contributed by atoms with E-state index in [4.69, 9.17) is 10.5 Å². The average Bonchev–Trinajstić information content (AvgIpc) is 2.30. The average molecular weight is 269 g/mol. The minimum absolute atomic E-state index is 0.261. The Balaban J connectivity index is 2.05. The predicted molar refractivity (Wildman–Crippen MR) is 73.5 cm³/mol. The molecule has 0 aromatic heterocycles. The third-order valence-electron chi connectivity index (χ3n) is 3.28. The highest BCUT2D eigenvalue weighted by molar-refractivity contribution is 8.00. The van der Waals surface area contributed by atoms with Crippen LogP contribution in [0.5, 0.6) is 5.75 Å². The minimum atomic E-state index is -1.58. The molecule has 100 valence electrons. The highest BCUT2D eigenvalue weighted by Gasteiger charge is 2.32. The van der Waals surface area contributed by atoms with Gasteiger partial charge >= 0.3 is 0 Å². The Morgan fingerprint density at radius 1 is 1.50 bits per heavy atom. The highest BCUT2D eigenvalue weighted by atomic mass is 32.2. The molecule has 1 unspecified atom stereocenters. The number of hydrogen-bond donors (Lipinski definition) is 3. The molecule has 0 aliphatic carbocycles. The van der Waals surface area contributed by atoms with Gasteiger partial charge in [-0.25, -0.2) is 0 Å². The van der Waals surface area contributed by atoms with Crippen LogP contribution in [0.4, 0.5) is 5.69 Å². The first-order valence-electron chi connectivity index (χ1n) is 6.01. The van der Waals surface area contributed by atoms with Gasteiger partial charge in [-0.05, 0) is 36.1 Å². The number of ether oxygens (including phenoxy) is 1. The molecule has 0 amide bonds. The van der Waals surface area contributed by atoms with Crippen molar-refractivity contribution in [3.63, 3.8) is 0 Å². The van der Waals surface area contributed by atoms with Gasteiger partial charge in [-0.3, -0.25) is 0 Å². The maximum atomic E-state index is 9.64. The fraction of sp³-hybridized carbons (Fsp3) is 0.538. The lowest BCUT2D eigenvalue weighted by Gasteiger charge is -2.32. The van der Waals surface area contributed by atoms with Crippen LogP contribution in [0.25, 0.3) is 0 Å². The maximum Gasteiger partial charge on any atom is 0.213 e. The zero-order valence-corrected chi connectivity index (χ0v) is 11.2. The largest absolute Gasteiger partial charge is 0.497 e. The summed E-state index contributed by atoms with van der Waals surface area (Å²) in [6.07, 6.45) is 2.15. The summed E-state index contributed by atoms with van der Waals surface area (Å²) in [4.78, 5) is 0. The van der Waals surface area contributed by atoms with E-state index in [1.165, 1.54) is 11.8 Å². The van der Waals surface area contributed by atoms with E-state index in [0.717, 1.165) is 29.9 Å². The number of thioether (sulfide) groups is 1. The molecule has 1 aliphatic rings. The standard InChI is InChI=1S/C13H19NO3S/c1-17-11-3-2-10(12(14)7-11)6-9-4-5-18-13(15,16)8-9/h2-3,7,9,15-16H,4-6,8,14H2,1H3. The summed E-state index contributed by atoms with van der Waals surface area (Å²) >= 11 is 1.20. The number of anilines is 1. The van der Waals surface area contributed by atoms with Gasteiger partial charge in [-0.15, -0.1) is 0 Å². The van der Waals surface area contributed by atoms with Gasteiger partial charge in [0, 0.05) is 18.2 Å². The molecular weight excluding hydrogens is 250 g/mol. The Bertz CT molecular complexity index is 423. The van der Waals surface area contributed by atoms with Crippen LogP contribution in [0.1, 0.15) is 18.4 Å². The molecule has 1 aromatic carbocycles. The predicted octanol–water partition coefficient (Wildman–Crippen LogP) is 1.60. The fourth-order valence-electron chi connectivity index (χ4n) is 2.30. The van der Waals surface area contributed by atoms with E-state index >= 15 is 0 Å². The number of nitrogens with two attached hydrogens (primary N) is 1. The van der Waals surface area contributed by atoms with Crippen molar-refractivity contribution in [2.45, 2.75) is 24.4 Å². The molecule has 1 aliphatic heterocycles. The lowest BCUT2D eigenvalue weighted by atomic mass is 9.92. The first kappa shape index (κ1) is 13.5. The van der Waals surface area contributed by atoms with E-state index in [9.17, 15) is 10.2 Å². The fourth-order valence-corrected chi connectivity index (χ4v) is 3.43. The molecule has 4 nitrogen and oxygen atoms in total. The van der Waals surface area contributed by atoms with Crippen molar-refractivity contribution in [3.05, 3.63) is 23.8 Å². The lowest BCUT2D eigenvalue weighted by Crippen LogP contribution is -2.32. The van der Waals surface area contributed by atoms with Gasteiger partial charge in [-0.2, -0.15) is 0 Å². The number of benzene rings is 1. The van der Waals surface area contributed by atoms with E-state index in [1.807, 2.05) is 12.1 Å². The summed E-state index contributed by atoms with van der Waals surface area (Å²) in [5.41, 5.74) is 7.72. The molecule has 4 N–H and O–H groups in total. The van der Waals surface area contributed by atoms with Gasteiger partial charge in [0.25, 0.3) is 0 Å². The van der Waals surface area contributed by atoms with Gasteiger partial charge in [0.15, 0.2) is 0 Å². The van der Waals surface area contributed by atoms with E-state index in [1.54, 1.807) is 13.2 Å². The van der Waals surface area contributed by atoms with E-state index in [2.05, 4.69) is 0 Å². The summed E-state index contributed by atoms with van der Waals surface area (Å²) in [6.45, 7) is 0. The number of hydrogen-bond acceptors (Lipinski definition) is 5. The molecule has 1 fully saturated rings. The second-order valence-electron chi connectivity index (χ2n) is 4.72. The third-order valence-corrected chi connectivity index (χ3v) is 4.34. The van der Waals surface area contributed by atoms with Crippen molar-refractivity contribution >= 4 is 17.4 Å². The zero-order valence-electron chi connectivity index (χ0n) is 10.4. The van der Waals surface area contributed by atoms with Gasteiger partial charge in [0.1, 0.15) is 5.75 Å². The summed E-state index contributed by atoms with van der Waals surface area (Å²) in [5.74, 6) is 1.78. The number of methoxy groups -OCH3 is 1. The number of nitrogen functional groups attached to an aromatic ring is 1. The van der Waals surface area contributed by atoms with Crippen molar-refractivity contribution in [2.75, 3.05) is 18.6 Å². The van der Waals surface area contributed by atoms with Crippen molar-refractivity contribution in [2.24, 2.45) is 5.92 Å². The second-order valence-corrected chi connectivity index (χ2v) is 6.07. The van der Waals surface area contributed by atoms with E-state index in [-0.39, 0.29) is 5.92 Å². The van der Waals surface area contributed by atoms with Gasteiger partial charge in [0.2, 0.25) is 5.12 Å². The van der Waals surface area contributed by atoms with Gasteiger partial charge in [-0.1, -0.05) is 17.8 Å². The van der Waals surface area contributed by atoms with Crippen molar-refractivity contribution in [1.29, 1.82) is 0 Å². The molecule has 5 heteroatoms. The smallest absolute Gasteiger partial charge is 0.213 e. The maximum absolute atomic E-state index is 9.64. The van der Waals surface area contributed by atoms with Crippen molar-refractivity contribution < 1.29 is 14.9 Å². The van der Waals surface area contributed by atoms with Crippen molar-refractivity contribution in [1.82, 2.24) is 0 Å². The SMILES string of the molecule is COc1ccc(CC2CCSC(O)(O)C2)c(N)c1. The summed E-state index contributed by atoms with van der Waals surface area (Å²) in [6, 6.07) is 5.64. The summed E-state index contributed by atoms with van der Waals surface area (Å²) in [5, 5.41) is 17.7. The van der Waals surface area contributed by atoms with Crippen LogP contribution in [0.15, 0.2) is 18.2 Å². The first-order valence-corrected chi connectivity index (χ1v) is 7.00. The van der Waals surface area contributed by atoms with Crippen LogP contribution in [-0.2, 0) is 6.42 Å². The summed E-state index contributed by atoms with van der Waals surface area (Å²) in [7, 11) is 1.61. The normalized spacial score (nSPS) is 22.7. The molecule has 1 saturated heterocycles. The minimum Gasteiger partial charge on any atom is -0.497 e. The number of aliphatic hydroxyl groups is 2. The molecule has 1 atom stereocenters. The number of rotatable bonds is 3. The molecular formula is C13H19NO3S. The molecule has 1 aromatic rings. The first-order chi connectivity index (χ1) is 8.50. The highest BCUT2D eigenvalue weighted by Crippen LogP contribution is 2.37. The quantitative estimate of drug-likeness (QED) is 0.574. The Morgan fingerprint density at radius 2 is 2.28 bits per heavy atom. The van der Waals surface area contributed by atoms with Crippen LogP contribution < -0.4 is 10.5 Å². The topological polar surface area (TPSA) is 75.7 Å². The lowest BCUT2D eigenvalue weighted by molar-refractivity contribution is -0.0948.